The zero-order chi connectivity index (χ0) is 9.84. The summed E-state index contributed by atoms with van der Waals surface area (Å²) < 4.78 is 10.2. The smallest absolute Gasteiger partial charge is 0.161 e. The molecule has 3 heteroatoms. The standard InChI is InChI=1S/C10H14O3/c1-7(11)8-4-5-9(12-2)10(6-8)13-3/h4-7,11H,1-3H3/t7-/m0/s1. The minimum atomic E-state index is -0.486. The second-order valence-corrected chi connectivity index (χ2v) is 2.79. The van der Waals surface area contributed by atoms with E-state index >= 15 is 0 Å². The summed E-state index contributed by atoms with van der Waals surface area (Å²) in [5, 5.41) is 9.31. The molecule has 1 aromatic rings. The molecular formula is C10H14O3. The molecule has 0 aliphatic carbocycles. The van der Waals surface area contributed by atoms with E-state index in [-0.39, 0.29) is 0 Å². The molecule has 0 spiro atoms. The third kappa shape index (κ3) is 2.12. The zero-order valence-corrected chi connectivity index (χ0v) is 8.07. The third-order valence-corrected chi connectivity index (χ3v) is 1.89. The lowest BCUT2D eigenvalue weighted by Gasteiger charge is -2.10. The van der Waals surface area contributed by atoms with Gasteiger partial charge in [0.2, 0.25) is 0 Å². The van der Waals surface area contributed by atoms with Crippen molar-refractivity contribution in [1.29, 1.82) is 0 Å². The number of benzene rings is 1. The van der Waals surface area contributed by atoms with Crippen molar-refractivity contribution < 1.29 is 14.6 Å². The van der Waals surface area contributed by atoms with Gasteiger partial charge in [-0.1, -0.05) is 6.07 Å². The van der Waals surface area contributed by atoms with Gasteiger partial charge >= 0.3 is 0 Å². The van der Waals surface area contributed by atoms with E-state index < -0.39 is 6.10 Å². The van der Waals surface area contributed by atoms with Gasteiger partial charge in [-0.2, -0.15) is 0 Å². The Kier molecular flexibility index (Phi) is 3.14. The number of ether oxygens (including phenoxy) is 2. The van der Waals surface area contributed by atoms with Gasteiger partial charge in [-0.05, 0) is 24.6 Å². The lowest BCUT2D eigenvalue weighted by Crippen LogP contribution is -1.95. The van der Waals surface area contributed by atoms with Crippen LogP contribution in [-0.2, 0) is 0 Å². The van der Waals surface area contributed by atoms with Gasteiger partial charge in [0.25, 0.3) is 0 Å². The molecule has 72 valence electrons. The first-order valence-electron chi connectivity index (χ1n) is 4.09. The fourth-order valence-corrected chi connectivity index (χ4v) is 1.11. The number of hydrogen-bond acceptors (Lipinski definition) is 3. The second-order valence-electron chi connectivity index (χ2n) is 2.79. The predicted octanol–water partition coefficient (Wildman–Crippen LogP) is 1.76. The van der Waals surface area contributed by atoms with Gasteiger partial charge in [0, 0.05) is 0 Å². The highest BCUT2D eigenvalue weighted by Gasteiger charge is 2.06. The summed E-state index contributed by atoms with van der Waals surface area (Å²) in [6.07, 6.45) is -0.486. The molecule has 0 heterocycles. The lowest BCUT2D eigenvalue weighted by molar-refractivity contribution is 0.198. The van der Waals surface area contributed by atoms with Crippen molar-refractivity contribution in [2.75, 3.05) is 14.2 Å². The fraction of sp³-hybridized carbons (Fsp3) is 0.400. The minimum absolute atomic E-state index is 0.486. The first kappa shape index (κ1) is 9.86. The number of aliphatic hydroxyl groups excluding tert-OH is 1. The van der Waals surface area contributed by atoms with Gasteiger partial charge in [0.15, 0.2) is 11.5 Å². The van der Waals surface area contributed by atoms with Gasteiger partial charge < -0.3 is 14.6 Å². The normalized spacial score (nSPS) is 12.3. The van der Waals surface area contributed by atoms with Crippen molar-refractivity contribution in [2.45, 2.75) is 13.0 Å². The first-order chi connectivity index (χ1) is 6.19. The van der Waals surface area contributed by atoms with Crippen LogP contribution in [-0.4, -0.2) is 19.3 Å². The summed E-state index contributed by atoms with van der Waals surface area (Å²) in [6.45, 7) is 1.71. The topological polar surface area (TPSA) is 38.7 Å². The number of methoxy groups -OCH3 is 2. The highest BCUT2D eigenvalue weighted by atomic mass is 16.5. The maximum absolute atomic E-state index is 9.31. The summed E-state index contributed by atoms with van der Waals surface area (Å²) in [4.78, 5) is 0. The molecule has 1 atom stereocenters. The van der Waals surface area contributed by atoms with E-state index in [4.69, 9.17) is 9.47 Å². The molecule has 0 amide bonds. The van der Waals surface area contributed by atoms with Crippen LogP contribution >= 0.6 is 0 Å². The molecule has 3 nitrogen and oxygen atoms in total. The monoisotopic (exact) mass is 182 g/mol. The van der Waals surface area contributed by atoms with Crippen molar-refractivity contribution in [3.8, 4) is 11.5 Å². The fourth-order valence-electron chi connectivity index (χ4n) is 1.11. The Morgan fingerprint density at radius 3 is 2.23 bits per heavy atom. The number of hydrogen-bond donors (Lipinski definition) is 1. The molecule has 0 radical (unpaired) electrons. The summed E-state index contributed by atoms with van der Waals surface area (Å²) in [5.74, 6) is 1.31. The van der Waals surface area contributed by atoms with E-state index in [1.54, 1.807) is 33.3 Å². The van der Waals surface area contributed by atoms with Crippen LogP contribution in [0.4, 0.5) is 0 Å². The molecule has 0 aliphatic heterocycles. The lowest BCUT2D eigenvalue weighted by atomic mass is 10.1. The quantitative estimate of drug-likeness (QED) is 0.774. The van der Waals surface area contributed by atoms with Crippen LogP contribution in [0.15, 0.2) is 18.2 Å². The summed E-state index contributed by atoms with van der Waals surface area (Å²) >= 11 is 0. The van der Waals surface area contributed by atoms with E-state index in [0.29, 0.717) is 11.5 Å². The molecular weight excluding hydrogens is 168 g/mol. The summed E-state index contributed by atoms with van der Waals surface area (Å²) in [5.41, 5.74) is 0.817. The van der Waals surface area contributed by atoms with Gasteiger partial charge in [-0.25, -0.2) is 0 Å². The van der Waals surface area contributed by atoms with Crippen LogP contribution in [0.5, 0.6) is 11.5 Å². The Morgan fingerprint density at radius 1 is 1.15 bits per heavy atom. The molecule has 1 N–H and O–H groups in total. The van der Waals surface area contributed by atoms with Crippen molar-refractivity contribution in [1.82, 2.24) is 0 Å². The van der Waals surface area contributed by atoms with Crippen molar-refractivity contribution in [3.05, 3.63) is 23.8 Å². The van der Waals surface area contributed by atoms with Crippen LogP contribution in [0.3, 0.4) is 0 Å². The average Bonchev–Trinajstić information content (AvgIpc) is 2.16. The maximum atomic E-state index is 9.31. The molecule has 0 saturated heterocycles. The molecule has 0 aliphatic rings. The highest BCUT2D eigenvalue weighted by Crippen LogP contribution is 2.29. The largest absolute Gasteiger partial charge is 0.493 e. The zero-order valence-electron chi connectivity index (χ0n) is 8.07. The summed E-state index contributed by atoms with van der Waals surface area (Å²) in [6, 6.07) is 5.36. The van der Waals surface area contributed by atoms with Gasteiger partial charge in [-0.15, -0.1) is 0 Å². The minimum Gasteiger partial charge on any atom is -0.493 e. The molecule has 0 aromatic heterocycles. The second kappa shape index (κ2) is 4.14. The van der Waals surface area contributed by atoms with Crippen LogP contribution in [0.25, 0.3) is 0 Å². The van der Waals surface area contributed by atoms with Crippen molar-refractivity contribution in [3.63, 3.8) is 0 Å². The van der Waals surface area contributed by atoms with E-state index in [0.717, 1.165) is 5.56 Å². The Labute approximate surface area is 77.9 Å². The van der Waals surface area contributed by atoms with Crippen molar-refractivity contribution >= 4 is 0 Å². The maximum Gasteiger partial charge on any atom is 0.161 e. The molecule has 0 saturated carbocycles. The molecule has 0 fully saturated rings. The Hall–Kier alpha value is -1.22. The van der Waals surface area contributed by atoms with Gasteiger partial charge in [0.05, 0.1) is 20.3 Å². The molecule has 13 heavy (non-hydrogen) atoms. The Balaban J connectivity index is 3.05. The van der Waals surface area contributed by atoms with Gasteiger partial charge in [0.1, 0.15) is 0 Å². The van der Waals surface area contributed by atoms with Crippen molar-refractivity contribution in [2.24, 2.45) is 0 Å². The molecule has 0 unspecified atom stereocenters. The van der Waals surface area contributed by atoms with Crippen LogP contribution in [0, 0.1) is 0 Å². The van der Waals surface area contributed by atoms with Crippen LogP contribution in [0.2, 0.25) is 0 Å². The number of aliphatic hydroxyl groups is 1. The summed E-state index contributed by atoms with van der Waals surface area (Å²) in [7, 11) is 3.16. The predicted molar refractivity (Wildman–Crippen MR) is 50.2 cm³/mol. The van der Waals surface area contributed by atoms with Gasteiger partial charge in [-0.3, -0.25) is 0 Å². The third-order valence-electron chi connectivity index (χ3n) is 1.89. The van der Waals surface area contributed by atoms with E-state index in [1.165, 1.54) is 0 Å². The van der Waals surface area contributed by atoms with E-state index in [9.17, 15) is 5.11 Å². The SMILES string of the molecule is COc1ccc([C@H](C)O)cc1OC. The van der Waals surface area contributed by atoms with Crippen LogP contribution in [0.1, 0.15) is 18.6 Å². The van der Waals surface area contributed by atoms with E-state index in [2.05, 4.69) is 0 Å². The Bertz CT molecular complexity index is 281. The highest BCUT2D eigenvalue weighted by molar-refractivity contribution is 5.43. The first-order valence-corrected chi connectivity index (χ1v) is 4.09. The average molecular weight is 182 g/mol. The molecule has 1 rings (SSSR count). The molecule has 1 aromatic carbocycles. The molecule has 0 bridgehead atoms. The van der Waals surface area contributed by atoms with E-state index in [1.807, 2.05) is 6.07 Å². The number of rotatable bonds is 3. The van der Waals surface area contributed by atoms with Crippen LogP contribution < -0.4 is 9.47 Å². The Morgan fingerprint density at radius 2 is 1.77 bits per heavy atom.